The molecule has 0 spiro atoms. The third-order valence-electron chi connectivity index (χ3n) is 5.56. The average Bonchev–Trinajstić information content (AvgIpc) is 3.26. The van der Waals surface area contributed by atoms with Gasteiger partial charge in [-0.1, -0.05) is 54.5 Å². The SMILES string of the molecule is Cc1ccccc1-c1noc(CN2CCN(C(=O)C(C)CSc3ccccc3)CC2)n1. The second-order valence-corrected chi connectivity index (χ2v) is 9.05. The van der Waals surface area contributed by atoms with E-state index in [0.717, 1.165) is 43.1 Å². The number of amides is 1. The second kappa shape index (κ2) is 10.1. The number of aryl methyl sites for hydroxylation is 1. The molecule has 1 aliphatic heterocycles. The summed E-state index contributed by atoms with van der Waals surface area (Å²) in [6, 6.07) is 18.3. The zero-order valence-electron chi connectivity index (χ0n) is 18.0. The largest absolute Gasteiger partial charge is 0.340 e. The van der Waals surface area contributed by atoms with Crippen molar-refractivity contribution in [3.05, 3.63) is 66.1 Å². The molecule has 7 heteroatoms. The molecule has 0 aliphatic carbocycles. The molecule has 3 aromatic rings. The van der Waals surface area contributed by atoms with Crippen LogP contribution in [-0.2, 0) is 11.3 Å². The molecule has 31 heavy (non-hydrogen) atoms. The van der Waals surface area contributed by atoms with Gasteiger partial charge in [0.1, 0.15) is 0 Å². The molecule has 162 valence electrons. The summed E-state index contributed by atoms with van der Waals surface area (Å²) in [7, 11) is 0. The maximum absolute atomic E-state index is 12.8. The summed E-state index contributed by atoms with van der Waals surface area (Å²) in [4.78, 5) is 22.9. The van der Waals surface area contributed by atoms with Crippen molar-refractivity contribution in [3.8, 4) is 11.4 Å². The third kappa shape index (κ3) is 5.54. The van der Waals surface area contributed by atoms with Gasteiger partial charge in [0.2, 0.25) is 17.6 Å². The number of hydrogen-bond acceptors (Lipinski definition) is 6. The average molecular weight is 437 g/mol. The fourth-order valence-electron chi connectivity index (χ4n) is 3.69. The van der Waals surface area contributed by atoms with Gasteiger partial charge in [0.15, 0.2) is 0 Å². The Morgan fingerprint density at radius 3 is 2.52 bits per heavy atom. The summed E-state index contributed by atoms with van der Waals surface area (Å²) in [5.74, 6) is 2.29. The van der Waals surface area contributed by atoms with Crippen LogP contribution in [0.2, 0.25) is 0 Å². The van der Waals surface area contributed by atoms with E-state index in [2.05, 4.69) is 27.2 Å². The first kappa shape index (κ1) is 21.6. The molecular formula is C24H28N4O2S. The van der Waals surface area contributed by atoms with Gasteiger partial charge >= 0.3 is 0 Å². The lowest BCUT2D eigenvalue weighted by Crippen LogP contribution is -2.50. The standard InChI is InChI=1S/C24H28N4O2S/c1-18-8-6-7-11-21(18)23-25-22(30-26-23)16-27-12-14-28(15-13-27)24(29)19(2)17-31-20-9-4-3-5-10-20/h3-11,19H,12-17H2,1-2H3. The van der Waals surface area contributed by atoms with E-state index in [4.69, 9.17) is 4.52 Å². The molecule has 0 bridgehead atoms. The molecule has 1 unspecified atom stereocenters. The third-order valence-corrected chi connectivity index (χ3v) is 6.83. The van der Waals surface area contributed by atoms with Crippen molar-refractivity contribution < 1.29 is 9.32 Å². The highest BCUT2D eigenvalue weighted by Crippen LogP contribution is 2.22. The summed E-state index contributed by atoms with van der Waals surface area (Å²) >= 11 is 1.74. The minimum Gasteiger partial charge on any atom is -0.340 e. The van der Waals surface area contributed by atoms with Crippen LogP contribution in [0.1, 0.15) is 18.4 Å². The van der Waals surface area contributed by atoms with E-state index < -0.39 is 0 Å². The highest BCUT2D eigenvalue weighted by Gasteiger charge is 2.26. The monoisotopic (exact) mass is 436 g/mol. The van der Waals surface area contributed by atoms with E-state index >= 15 is 0 Å². The normalized spacial score (nSPS) is 15.7. The van der Waals surface area contributed by atoms with Crippen molar-refractivity contribution in [2.45, 2.75) is 25.3 Å². The Balaban J connectivity index is 1.25. The highest BCUT2D eigenvalue weighted by atomic mass is 32.2. The molecular weight excluding hydrogens is 408 g/mol. The topological polar surface area (TPSA) is 62.5 Å². The van der Waals surface area contributed by atoms with Gasteiger partial charge in [0.25, 0.3) is 0 Å². The van der Waals surface area contributed by atoms with Crippen LogP contribution >= 0.6 is 11.8 Å². The lowest BCUT2D eigenvalue weighted by molar-refractivity contribution is -0.136. The molecule has 1 atom stereocenters. The Hall–Kier alpha value is -2.64. The first-order chi connectivity index (χ1) is 15.1. The van der Waals surface area contributed by atoms with E-state index in [0.29, 0.717) is 18.3 Å². The van der Waals surface area contributed by atoms with Crippen molar-refractivity contribution in [2.24, 2.45) is 5.92 Å². The quantitative estimate of drug-likeness (QED) is 0.519. The van der Waals surface area contributed by atoms with E-state index in [1.165, 1.54) is 4.90 Å². The molecule has 1 fully saturated rings. The molecule has 2 heterocycles. The molecule has 4 rings (SSSR count). The van der Waals surface area contributed by atoms with Gasteiger partial charge in [-0.15, -0.1) is 11.8 Å². The van der Waals surface area contributed by atoms with Crippen LogP contribution in [-0.4, -0.2) is 57.8 Å². The van der Waals surface area contributed by atoms with Crippen LogP contribution in [0.5, 0.6) is 0 Å². The van der Waals surface area contributed by atoms with Gasteiger partial charge in [0, 0.05) is 48.3 Å². The Labute approximate surface area is 187 Å². The Kier molecular flexibility index (Phi) is 7.04. The minimum atomic E-state index is 0.00404. The van der Waals surface area contributed by atoms with Crippen LogP contribution in [0.25, 0.3) is 11.4 Å². The summed E-state index contributed by atoms with van der Waals surface area (Å²) in [6.45, 7) is 7.77. The number of aromatic nitrogens is 2. The molecule has 0 radical (unpaired) electrons. The number of thioether (sulfide) groups is 1. The summed E-state index contributed by atoms with van der Waals surface area (Å²) < 4.78 is 5.48. The molecule has 0 N–H and O–H groups in total. The Morgan fingerprint density at radius 2 is 1.77 bits per heavy atom. The lowest BCUT2D eigenvalue weighted by Gasteiger charge is -2.35. The predicted molar refractivity (Wildman–Crippen MR) is 123 cm³/mol. The van der Waals surface area contributed by atoms with Crippen molar-refractivity contribution in [1.29, 1.82) is 0 Å². The number of carbonyl (C=O) groups excluding carboxylic acids is 1. The Bertz CT molecular complexity index is 1000. The number of piperazine rings is 1. The number of hydrogen-bond donors (Lipinski definition) is 0. The first-order valence-corrected chi connectivity index (χ1v) is 11.7. The van der Waals surface area contributed by atoms with Crippen LogP contribution in [0.3, 0.4) is 0 Å². The van der Waals surface area contributed by atoms with Crippen LogP contribution < -0.4 is 0 Å². The van der Waals surface area contributed by atoms with E-state index in [1.54, 1.807) is 11.8 Å². The van der Waals surface area contributed by atoms with Crippen molar-refractivity contribution in [2.75, 3.05) is 31.9 Å². The van der Waals surface area contributed by atoms with Gasteiger partial charge < -0.3 is 9.42 Å². The van der Waals surface area contributed by atoms with E-state index in [-0.39, 0.29) is 11.8 Å². The van der Waals surface area contributed by atoms with Gasteiger partial charge in [-0.2, -0.15) is 4.98 Å². The van der Waals surface area contributed by atoms with Crippen molar-refractivity contribution in [1.82, 2.24) is 19.9 Å². The van der Waals surface area contributed by atoms with Gasteiger partial charge in [-0.05, 0) is 24.6 Å². The molecule has 1 amide bonds. The summed E-state index contributed by atoms with van der Waals surface area (Å²) in [6.07, 6.45) is 0. The van der Waals surface area contributed by atoms with Crippen LogP contribution in [0, 0.1) is 12.8 Å². The fraction of sp³-hybridized carbons (Fsp3) is 0.375. The Morgan fingerprint density at radius 1 is 1.06 bits per heavy atom. The molecule has 1 aromatic heterocycles. The van der Waals surface area contributed by atoms with Gasteiger partial charge in [-0.3, -0.25) is 9.69 Å². The zero-order chi connectivity index (χ0) is 21.6. The lowest BCUT2D eigenvalue weighted by atomic mass is 10.1. The molecule has 1 saturated heterocycles. The molecule has 0 saturated carbocycles. The summed E-state index contributed by atoms with van der Waals surface area (Å²) in [5, 5.41) is 4.14. The second-order valence-electron chi connectivity index (χ2n) is 7.95. The maximum atomic E-state index is 12.8. The predicted octanol–water partition coefficient (Wildman–Crippen LogP) is 4.12. The van der Waals surface area contributed by atoms with E-state index in [1.807, 2.05) is 61.2 Å². The van der Waals surface area contributed by atoms with Gasteiger partial charge in [-0.25, -0.2) is 0 Å². The zero-order valence-corrected chi connectivity index (χ0v) is 18.8. The highest BCUT2D eigenvalue weighted by molar-refractivity contribution is 7.99. The smallest absolute Gasteiger partial charge is 0.241 e. The van der Waals surface area contributed by atoms with Gasteiger partial charge in [0.05, 0.1) is 6.54 Å². The number of nitrogens with zero attached hydrogens (tertiary/aromatic N) is 4. The molecule has 2 aromatic carbocycles. The number of benzene rings is 2. The summed E-state index contributed by atoms with van der Waals surface area (Å²) in [5.41, 5.74) is 2.12. The van der Waals surface area contributed by atoms with Crippen molar-refractivity contribution >= 4 is 17.7 Å². The fourth-order valence-corrected chi connectivity index (χ4v) is 4.63. The maximum Gasteiger partial charge on any atom is 0.241 e. The molecule has 6 nitrogen and oxygen atoms in total. The molecule has 1 aliphatic rings. The van der Waals surface area contributed by atoms with Crippen LogP contribution in [0.4, 0.5) is 0 Å². The van der Waals surface area contributed by atoms with E-state index in [9.17, 15) is 4.79 Å². The van der Waals surface area contributed by atoms with Crippen LogP contribution in [0.15, 0.2) is 64.0 Å². The van der Waals surface area contributed by atoms with Crippen molar-refractivity contribution in [3.63, 3.8) is 0 Å². The minimum absolute atomic E-state index is 0.00404. The number of carbonyl (C=O) groups is 1. The first-order valence-electron chi connectivity index (χ1n) is 10.7. The number of rotatable bonds is 7.